The molecule has 0 aliphatic heterocycles. The standard InChI is InChI=1S/C23H21Cl2NO4S/c1-2-30-23(27)14-17-10-12-20(13-11-17)26(16-18-6-3-4-9-22(18)25)31(28,29)21-8-5-7-19(24)15-21/h3-13,15H,2,14,16H2,1H3. The van der Waals surface area contributed by atoms with Crippen molar-refractivity contribution >= 4 is 44.9 Å². The predicted molar refractivity (Wildman–Crippen MR) is 123 cm³/mol. The number of carbonyl (C=O) groups is 1. The molecule has 0 bridgehead atoms. The number of esters is 1. The molecule has 0 aromatic heterocycles. The minimum Gasteiger partial charge on any atom is -0.466 e. The highest BCUT2D eigenvalue weighted by Gasteiger charge is 2.26. The average molecular weight is 478 g/mol. The highest BCUT2D eigenvalue weighted by atomic mass is 35.5. The molecule has 0 amide bonds. The number of benzene rings is 3. The van der Waals surface area contributed by atoms with E-state index >= 15 is 0 Å². The summed E-state index contributed by atoms with van der Waals surface area (Å²) >= 11 is 12.3. The van der Waals surface area contributed by atoms with Crippen LogP contribution in [0.25, 0.3) is 0 Å². The Hall–Kier alpha value is -2.54. The quantitative estimate of drug-likeness (QED) is 0.402. The van der Waals surface area contributed by atoms with Gasteiger partial charge in [0.1, 0.15) is 0 Å². The largest absolute Gasteiger partial charge is 0.466 e. The van der Waals surface area contributed by atoms with Gasteiger partial charge in [0.25, 0.3) is 10.0 Å². The number of anilines is 1. The number of ether oxygens (including phenoxy) is 1. The summed E-state index contributed by atoms with van der Waals surface area (Å²) in [6.07, 6.45) is 0.111. The van der Waals surface area contributed by atoms with Crippen LogP contribution in [0.4, 0.5) is 5.69 Å². The monoisotopic (exact) mass is 477 g/mol. The summed E-state index contributed by atoms with van der Waals surface area (Å²) in [5, 5.41) is 0.788. The van der Waals surface area contributed by atoms with Gasteiger partial charge in [-0.15, -0.1) is 0 Å². The van der Waals surface area contributed by atoms with E-state index in [1.807, 2.05) is 0 Å². The second kappa shape index (κ2) is 10.2. The van der Waals surface area contributed by atoms with Gasteiger partial charge >= 0.3 is 5.97 Å². The van der Waals surface area contributed by atoms with Gasteiger partial charge in [-0.1, -0.05) is 59.6 Å². The Morgan fingerprint density at radius 1 is 0.968 bits per heavy atom. The van der Waals surface area contributed by atoms with E-state index in [1.165, 1.54) is 16.4 Å². The van der Waals surface area contributed by atoms with Crippen LogP contribution in [0.3, 0.4) is 0 Å². The molecule has 0 atom stereocenters. The van der Waals surface area contributed by atoms with Crippen molar-refractivity contribution in [2.24, 2.45) is 0 Å². The minimum absolute atomic E-state index is 0.0335. The van der Waals surface area contributed by atoms with Gasteiger partial charge in [0.05, 0.1) is 30.2 Å². The Balaban J connectivity index is 2.00. The van der Waals surface area contributed by atoms with Crippen LogP contribution in [0.5, 0.6) is 0 Å². The van der Waals surface area contributed by atoms with Crippen molar-refractivity contribution in [1.29, 1.82) is 0 Å². The molecule has 0 unspecified atom stereocenters. The van der Waals surface area contributed by atoms with Crippen molar-refractivity contribution in [2.45, 2.75) is 24.8 Å². The van der Waals surface area contributed by atoms with Crippen molar-refractivity contribution in [3.63, 3.8) is 0 Å². The van der Waals surface area contributed by atoms with Gasteiger partial charge < -0.3 is 4.74 Å². The molecule has 3 aromatic rings. The Labute approximate surface area is 192 Å². The Bertz CT molecular complexity index is 1160. The fourth-order valence-corrected chi connectivity index (χ4v) is 4.95. The number of rotatable bonds is 8. The number of hydrogen-bond donors (Lipinski definition) is 0. The van der Waals surface area contributed by atoms with E-state index in [0.29, 0.717) is 27.9 Å². The van der Waals surface area contributed by atoms with Gasteiger partial charge in [-0.25, -0.2) is 8.42 Å². The van der Waals surface area contributed by atoms with Crippen LogP contribution in [0.2, 0.25) is 10.0 Å². The first-order chi connectivity index (χ1) is 14.8. The van der Waals surface area contributed by atoms with E-state index in [1.54, 1.807) is 67.6 Å². The Kier molecular flexibility index (Phi) is 7.59. The van der Waals surface area contributed by atoms with E-state index < -0.39 is 10.0 Å². The molecule has 0 saturated carbocycles. The number of sulfonamides is 1. The lowest BCUT2D eigenvalue weighted by Gasteiger charge is -2.25. The molecule has 3 rings (SSSR count). The zero-order valence-electron chi connectivity index (χ0n) is 16.8. The van der Waals surface area contributed by atoms with E-state index in [4.69, 9.17) is 27.9 Å². The number of halogens is 2. The van der Waals surface area contributed by atoms with Crippen LogP contribution in [0.15, 0.2) is 77.7 Å². The normalized spacial score (nSPS) is 11.2. The van der Waals surface area contributed by atoms with Crippen molar-refractivity contribution in [3.05, 3.63) is 94.0 Å². The molecule has 0 radical (unpaired) electrons. The summed E-state index contributed by atoms with van der Waals surface area (Å²) in [5.41, 5.74) is 1.82. The molecular weight excluding hydrogens is 457 g/mol. The SMILES string of the molecule is CCOC(=O)Cc1ccc(N(Cc2ccccc2Cl)S(=O)(=O)c2cccc(Cl)c2)cc1. The third-order valence-corrected chi connectivity index (χ3v) is 6.91. The number of hydrogen-bond acceptors (Lipinski definition) is 4. The van der Waals surface area contributed by atoms with Crippen LogP contribution >= 0.6 is 23.2 Å². The lowest BCUT2D eigenvalue weighted by molar-refractivity contribution is -0.142. The van der Waals surface area contributed by atoms with Crippen LogP contribution in [-0.2, 0) is 32.5 Å². The molecule has 0 heterocycles. The fourth-order valence-electron chi connectivity index (χ4n) is 3.01. The van der Waals surface area contributed by atoms with Gasteiger partial charge in [-0.2, -0.15) is 0 Å². The van der Waals surface area contributed by atoms with Gasteiger partial charge in [0, 0.05) is 10.0 Å². The molecular formula is C23H21Cl2NO4S. The Morgan fingerprint density at radius 3 is 2.32 bits per heavy atom. The van der Waals surface area contributed by atoms with E-state index in [2.05, 4.69) is 0 Å². The molecule has 0 aliphatic rings. The second-order valence-corrected chi connectivity index (χ2v) is 9.41. The summed E-state index contributed by atoms with van der Waals surface area (Å²) < 4.78 is 33.2. The highest BCUT2D eigenvalue weighted by molar-refractivity contribution is 7.92. The molecule has 0 N–H and O–H groups in total. The highest BCUT2D eigenvalue weighted by Crippen LogP contribution is 2.29. The van der Waals surface area contributed by atoms with Crippen molar-refractivity contribution < 1.29 is 17.9 Å². The molecule has 31 heavy (non-hydrogen) atoms. The lowest BCUT2D eigenvalue weighted by atomic mass is 10.1. The zero-order valence-corrected chi connectivity index (χ0v) is 19.1. The van der Waals surface area contributed by atoms with Crippen molar-refractivity contribution in [1.82, 2.24) is 0 Å². The molecule has 0 saturated heterocycles. The zero-order chi connectivity index (χ0) is 22.4. The summed E-state index contributed by atoms with van der Waals surface area (Å²) in [5.74, 6) is -0.338. The smallest absolute Gasteiger partial charge is 0.310 e. The van der Waals surface area contributed by atoms with Gasteiger partial charge in [-0.05, 0) is 54.4 Å². The summed E-state index contributed by atoms with van der Waals surface area (Å²) in [4.78, 5) is 11.8. The maximum atomic E-state index is 13.5. The first-order valence-electron chi connectivity index (χ1n) is 9.57. The van der Waals surface area contributed by atoms with Crippen molar-refractivity contribution in [2.75, 3.05) is 10.9 Å². The van der Waals surface area contributed by atoms with Crippen LogP contribution in [0.1, 0.15) is 18.1 Å². The predicted octanol–water partition coefficient (Wildman–Crippen LogP) is 5.49. The third-order valence-electron chi connectivity index (χ3n) is 4.53. The second-order valence-electron chi connectivity index (χ2n) is 6.71. The first-order valence-corrected chi connectivity index (χ1v) is 11.8. The molecule has 3 aromatic carbocycles. The first kappa shape index (κ1) is 23.1. The summed E-state index contributed by atoms with van der Waals surface area (Å²) in [7, 11) is -3.94. The summed E-state index contributed by atoms with van der Waals surface area (Å²) in [6.45, 7) is 2.08. The molecule has 0 aliphatic carbocycles. The molecule has 8 heteroatoms. The lowest BCUT2D eigenvalue weighted by Crippen LogP contribution is -2.30. The summed E-state index contributed by atoms with van der Waals surface area (Å²) in [6, 6.07) is 19.9. The molecule has 0 fully saturated rings. The van der Waals surface area contributed by atoms with Crippen LogP contribution in [-0.4, -0.2) is 21.0 Å². The van der Waals surface area contributed by atoms with E-state index in [9.17, 15) is 13.2 Å². The third kappa shape index (κ3) is 5.79. The fraction of sp³-hybridized carbons (Fsp3) is 0.174. The van der Waals surface area contributed by atoms with Gasteiger partial charge in [-0.3, -0.25) is 9.10 Å². The van der Waals surface area contributed by atoms with Crippen molar-refractivity contribution in [3.8, 4) is 0 Å². The minimum atomic E-state index is -3.94. The molecule has 5 nitrogen and oxygen atoms in total. The molecule has 0 spiro atoms. The maximum absolute atomic E-state index is 13.5. The average Bonchev–Trinajstić information content (AvgIpc) is 2.74. The number of carbonyl (C=O) groups excluding carboxylic acids is 1. The number of nitrogens with zero attached hydrogens (tertiary/aromatic N) is 1. The Morgan fingerprint density at radius 2 is 1.68 bits per heavy atom. The maximum Gasteiger partial charge on any atom is 0.310 e. The van der Waals surface area contributed by atoms with Crippen LogP contribution < -0.4 is 4.31 Å². The van der Waals surface area contributed by atoms with E-state index in [-0.39, 0.29) is 23.8 Å². The topological polar surface area (TPSA) is 63.7 Å². The molecule has 162 valence electrons. The van der Waals surface area contributed by atoms with Crippen LogP contribution in [0, 0.1) is 0 Å². The van der Waals surface area contributed by atoms with E-state index in [0.717, 1.165) is 5.56 Å². The van der Waals surface area contributed by atoms with Gasteiger partial charge in [0.2, 0.25) is 0 Å². The van der Waals surface area contributed by atoms with Gasteiger partial charge in [0.15, 0.2) is 0 Å².